The van der Waals surface area contributed by atoms with Gasteiger partial charge in [-0.25, -0.2) is 0 Å². The normalized spacial score (nSPS) is 12.4. The molecule has 0 saturated carbocycles. The summed E-state index contributed by atoms with van der Waals surface area (Å²) >= 11 is 0. The molecular formula is C15H33N. The molecule has 16 heavy (non-hydrogen) atoms. The highest BCUT2D eigenvalue weighted by molar-refractivity contribution is 4.67. The molecule has 0 aromatic carbocycles. The lowest BCUT2D eigenvalue weighted by molar-refractivity contribution is 0.273. The predicted molar refractivity (Wildman–Crippen MR) is 74.9 cm³/mol. The van der Waals surface area contributed by atoms with Gasteiger partial charge in [0.05, 0.1) is 0 Å². The van der Waals surface area contributed by atoms with Crippen molar-refractivity contribution in [3.8, 4) is 0 Å². The maximum absolute atomic E-state index is 2.52. The van der Waals surface area contributed by atoms with Crippen LogP contribution in [0.2, 0.25) is 0 Å². The molecule has 0 bridgehead atoms. The smallest absolute Gasteiger partial charge is 0.00190 e. The highest BCUT2D eigenvalue weighted by Crippen LogP contribution is 2.28. The van der Waals surface area contributed by atoms with E-state index in [2.05, 4.69) is 39.5 Å². The number of hydrogen-bond acceptors (Lipinski definition) is 1. The molecule has 0 aromatic rings. The van der Waals surface area contributed by atoms with Crippen molar-refractivity contribution in [1.29, 1.82) is 0 Å². The summed E-state index contributed by atoms with van der Waals surface area (Å²) in [6, 6.07) is 0. The number of hydrogen-bond donors (Lipinski definition) is 0. The maximum atomic E-state index is 2.52. The fourth-order valence-corrected chi connectivity index (χ4v) is 2.46. The summed E-state index contributed by atoms with van der Waals surface area (Å²) in [6.45, 7) is 15.3. The van der Waals surface area contributed by atoms with Crippen LogP contribution in [0.1, 0.15) is 73.1 Å². The Morgan fingerprint density at radius 1 is 0.812 bits per heavy atom. The van der Waals surface area contributed by atoms with E-state index in [1.54, 1.807) is 0 Å². The first kappa shape index (κ1) is 16.0. The summed E-state index contributed by atoms with van der Waals surface area (Å²) < 4.78 is 0. The Balaban J connectivity index is 3.45. The lowest BCUT2D eigenvalue weighted by atomic mass is 9.83. The molecule has 0 atom stereocenters. The first-order chi connectivity index (χ1) is 7.55. The molecule has 0 N–H and O–H groups in total. The molecule has 1 heteroatoms. The first-order valence-corrected chi connectivity index (χ1v) is 7.28. The van der Waals surface area contributed by atoms with E-state index >= 15 is 0 Å². The Kier molecular flexibility index (Phi) is 9.02. The minimum atomic E-state index is 0.573. The molecule has 0 rings (SSSR count). The van der Waals surface area contributed by atoms with Gasteiger partial charge in [0, 0.05) is 0 Å². The van der Waals surface area contributed by atoms with Crippen LogP contribution >= 0.6 is 0 Å². The largest absolute Gasteiger partial charge is 0.304 e. The second-order valence-corrected chi connectivity index (χ2v) is 5.75. The molecule has 1 nitrogen and oxygen atoms in total. The highest BCUT2D eigenvalue weighted by atomic mass is 15.1. The van der Waals surface area contributed by atoms with Gasteiger partial charge < -0.3 is 4.90 Å². The molecule has 0 amide bonds. The molecule has 98 valence electrons. The van der Waals surface area contributed by atoms with Gasteiger partial charge in [-0.15, -0.1) is 0 Å². The van der Waals surface area contributed by atoms with Crippen LogP contribution in [0.15, 0.2) is 0 Å². The third kappa shape index (κ3) is 8.15. The molecule has 0 aliphatic carbocycles. The second kappa shape index (κ2) is 9.04. The predicted octanol–water partition coefficient (Wildman–Crippen LogP) is 4.71. The molecule has 0 spiro atoms. The quantitative estimate of drug-likeness (QED) is 0.488. The van der Waals surface area contributed by atoms with Crippen molar-refractivity contribution in [2.45, 2.75) is 73.1 Å². The highest BCUT2D eigenvalue weighted by Gasteiger charge is 2.15. The minimum absolute atomic E-state index is 0.573. The molecule has 0 unspecified atom stereocenters. The average Bonchev–Trinajstić information content (AvgIpc) is 2.23. The van der Waals surface area contributed by atoms with E-state index in [0.29, 0.717) is 5.41 Å². The van der Waals surface area contributed by atoms with E-state index < -0.39 is 0 Å². The van der Waals surface area contributed by atoms with Gasteiger partial charge in [0.1, 0.15) is 0 Å². The maximum Gasteiger partial charge on any atom is -0.00190 e. The standard InChI is InChI=1S/C15H33N/c1-6-12-15(4,5)13-10-9-11-14-16(7-2)8-3/h6-14H2,1-5H3. The van der Waals surface area contributed by atoms with Crippen molar-refractivity contribution in [3.63, 3.8) is 0 Å². The number of rotatable bonds is 10. The van der Waals surface area contributed by atoms with Gasteiger partial charge in [-0.3, -0.25) is 0 Å². The van der Waals surface area contributed by atoms with E-state index in [1.807, 2.05) is 0 Å². The SMILES string of the molecule is CCCC(C)(C)CCCCCN(CC)CC. The summed E-state index contributed by atoms with van der Waals surface area (Å²) in [5.41, 5.74) is 0.573. The topological polar surface area (TPSA) is 3.24 Å². The van der Waals surface area contributed by atoms with E-state index in [-0.39, 0.29) is 0 Å². The summed E-state index contributed by atoms with van der Waals surface area (Å²) in [5, 5.41) is 0. The van der Waals surface area contributed by atoms with Gasteiger partial charge in [0.25, 0.3) is 0 Å². The molecule has 0 saturated heterocycles. The van der Waals surface area contributed by atoms with Crippen LogP contribution in [-0.2, 0) is 0 Å². The Labute approximate surface area is 104 Å². The van der Waals surface area contributed by atoms with Crippen molar-refractivity contribution in [2.24, 2.45) is 5.41 Å². The van der Waals surface area contributed by atoms with Crippen LogP contribution in [0, 0.1) is 5.41 Å². The minimum Gasteiger partial charge on any atom is -0.304 e. The zero-order chi connectivity index (χ0) is 12.4. The van der Waals surface area contributed by atoms with Gasteiger partial charge in [0.15, 0.2) is 0 Å². The van der Waals surface area contributed by atoms with E-state index in [0.717, 1.165) is 0 Å². The number of nitrogens with zero attached hydrogens (tertiary/aromatic N) is 1. The summed E-state index contributed by atoms with van der Waals surface area (Å²) in [4.78, 5) is 2.52. The lowest BCUT2D eigenvalue weighted by Gasteiger charge is -2.24. The average molecular weight is 227 g/mol. The Hall–Kier alpha value is -0.0400. The summed E-state index contributed by atoms with van der Waals surface area (Å²) in [6.07, 6.45) is 8.30. The molecule has 0 heterocycles. The van der Waals surface area contributed by atoms with Crippen LogP contribution in [0.25, 0.3) is 0 Å². The van der Waals surface area contributed by atoms with Crippen molar-refractivity contribution < 1.29 is 0 Å². The van der Waals surface area contributed by atoms with Crippen LogP contribution in [0.4, 0.5) is 0 Å². The molecule has 0 fully saturated rings. The second-order valence-electron chi connectivity index (χ2n) is 5.75. The summed E-state index contributed by atoms with van der Waals surface area (Å²) in [5.74, 6) is 0. The van der Waals surface area contributed by atoms with E-state index in [1.165, 1.54) is 58.2 Å². The molecule has 0 aliphatic heterocycles. The fraction of sp³-hybridized carbons (Fsp3) is 1.00. The van der Waals surface area contributed by atoms with Gasteiger partial charge in [-0.05, 0) is 44.3 Å². The number of unbranched alkanes of at least 4 members (excludes halogenated alkanes) is 2. The zero-order valence-electron chi connectivity index (χ0n) is 12.3. The molecule has 0 radical (unpaired) electrons. The van der Waals surface area contributed by atoms with Crippen molar-refractivity contribution in [2.75, 3.05) is 19.6 Å². The van der Waals surface area contributed by atoms with Gasteiger partial charge in [-0.2, -0.15) is 0 Å². The van der Waals surface area contributed by atoms with Crippen molar-refractivity contribution in [1.82, 2.24) is 4.90 Å². The lowest BCUT2D eigenvalue weighted by Crippen LogP contribution is -2.23. The van der Waals surface area contributed by atoms with Crippen molar-refractivity contribution >= 4 is 0 Å². The van der Waals surface area contributed by atoms with Gasteiger partial charge in [0.2, 0.25) is 0 Å². The van der Waals surface area contributed by atoms with E-state index in [9.17, 15) is 0 Å². The van der Waals surface area contributed by atoms with Gasteiger partial charge in [-0.1, -0.05) is 53.9 Å². The summed E-state index contributed by atoms with van der Waals surface area (Å²) in [7, 11) is 0. The fourth-order valence-electron chi connectivity index (χ4n) is 2.46. The zero-order valence-corrected chi connectivity index (χ0v) is 12.3. The molecule has 0 aliphatic rings. The first-order valence-electron chi connectivity index (χ1n) is 7.28. The molecule has 0 aromatic heterocycles. The third-order valence-corrected chi connectivity index (χ3v) is 3.65. The van der Waals surface area contributed by atoms with Gasteiger partial charge >= 0.3 is 0 Å². The van der Waals surface area contributed by atoms with Crippen molar-refractivity contribution in [3.05, 3.63) is 0 Å². The van der Waals surface area contributed by atoms with Crippen LogP contribution in [0.5, 0.6) is 0 Å². The monoisotopic (exact) mass is 227 g/mol. The van der Waals surface area contributed by atoms with Crippen LogP contribution < -0.4 is 0 Å². The third-order valence-electron chi connectivity index (χ3n) is 3.65. The Morgan fingerprint density at radius 3 is 1.94 bits per heavy atom. The van der Waals surface area contributed by atoms with Crippen LogP contribution in [0.3, 0.4) is 0 Å². The van der Waals surface area contributed by atoms with E-state index in [4.69, 9.17) is 0 Å². The van der Waals surface area contributed by atoms with Crippen LogP contribution in [-0.4, -0.2) is 24.5 Å². The Bertz CT molecular complexity index is 148. The Morgan fingerprint density at radius 2 is 1.44 bits per heavy atom. The molecular weight excluding hydrogens is 194 g/mol.